The summed E-state index contributed by atoms with van der Waals surface area (Å²) in [5, 5.41) is 2.49. The summed E-state index contributed by atoms with van der Waals surface area (Å²) in [7, 11) is -3.77. The van der Waals surface area contributed by atoms with E-state index in [9.17, 15) is 22.4 Å². The third-order valence-electron chi connectivity index (χ3n) is 4.46. The summed E-state index contributed by atoms with van der Waals surface area (Å²) >= 11 is 3.10. The van der Waals surface area contributed by atoms with Crippen LogP contribution in [-0.4, -0.2) is 62.2 Å². The molecule has 1 fully saturated rings. The van der Waals surface area contributed by atoms with Crippen LogP contribution in [0.15, 0.2) is 50.4 Å². The highest BCUT2D eigenvalue weighted by atomic mass is 79.9. The highest BCUT2D eigenvalue weighted by Crippen LogP contribution is 2.18. The van der Waals surface area contributed by atoms with Crippen molar-refractivity contribution in [3.8, 4) is 0 Å². The Balaban J connectivity index is 1.57. The van der Waals surface area contributed by atoms with Crippen molar-refractivity contribution in [2.45, 2.75) is 11.3 Å². The Labute approximate surface area is 175 Å². The van der Waals surface area contributed by atoms with Crippen LogP contribution in [0.25, 0.3) is 0 Å². The lowest BCUT2D eigenvalue weighted by Crippen LogP contribution is -2.42. The Kier molecular flexibility index (Phi) is 6.70. The summed E-state index contributed by atoms with van der Waals surface area (Å²) in [6.07, 6.45) is 0.450. The molecule has 0 spiro atoms. The standard InChI is InChI=1S/C18H19BrFN3O5S/c19-16-7-6-15(28-16)18(25)21-12-17(24)22-8-1-9-23(11-10-22)29(26,27)14-4-2-13(20)3-5-14/h2-7H,1,8-12H2,(H,21,25). The van der Waals surface area contributed by atoms with Gasteiger partial charge in [-0.1, -0.05) is 0 Å². The predicted molar refractivity (Wildman–Crippen MR) is 105 cm³/mol. The smallest absolute Gasteiger partial charge is 0.287 e. The summed E-state index contributed by atoms with van der Waals surface area (Å²) in [4.78, 5) is 25.9. The summed E-state index contributed by atoms with van der Waals surface area (Å²) in [6, 6.07) is 7.69. The fraction of sp³-hybridized carbons (Fsp3) is 0.333. The van der Waals surface area contributed by atoms with E-state index in [0.717, 1.165) is 12.1 Å². The molecule has 1 aliphatic rings. The fourth-order valence-electron chi connectivity index (χ4n) is 2.93. The highest BCUT2D eigenvalue weighted by molar-refractivity contribution is 9.10. The maximum atomic E-state index is 13.1. The lowest BCUT2D eigenvalue weighted by Gasteiger charge is -2.22. The van der Waals surface area contributed by atoms with Crippen molar-refractivity contribution in [1.29, 1.82) is 0 Å². The van der Waals surface area contributed by atoms with Gasteiger partial charge in [-0.25, -0.2) is 12.8 Å². The van der Waals surface area contributed by atoms with Crippen molar-refractivity contribution in [3.63, 3.8) is 0 Å². The quantitative estimate of drug-likeness (QED) is 0.693. The molecule has 156 valence electrons. The first-order valence-corrected chi connectivity index (χ1v) is 11.1. The molecule has 2 aromatic rings. The van der Waals surface area contributed by atoms with Gasteiger partial charge in [-0.05, 0) is 58.7 Å². The Bertz CT molecular complexity index is 993. The molecule has 0 unspecified atom stereocenters. The van der Waals surface area contributed by atoms with E-state index in [1.807, 2.05) is 0 Å². The molecule has 0 radical (unpaired) electrons. The molecule has 1 saturated heterocycles. The molecule has 1 aromatic carbocycles. The number of amides is 2. The van der Waals surface area contributed by atoms with Gasteiger partial charge in [0.05, 0.1) is 11.4 Å². The topological polar surface area (TPSA) is 99.9 Å². The average molecular weight is 488 g/mol. The first-order valence-electron chi connectivity index (χ1n) is 8.84. The van der Waals surface area contributed by atoms with Crippen LogP contribution < -0.4 is 5.32 Å². The molecule has 0 atom stereocenters. The van der Waals surface area contributed by atoms with Gasteiger partial charge in [0, 0.05) is 26.2 Å². The molecule has 2 heterocycles. The zero-order chi connectivity index (χ0) is 21.0. The maximum Gasteiger partial charge on any atom is 0.287 e. The number of hydrogen-bond acceptors (Lipinski definition) is 5. The van der Waals surface area contributed by atoms with E-state index >= 15 is 0 Å². The molecular formula is C18H19BrFN3O5S. The van der Waals surface area contributed by atoms with E-state index < -0.39 is 21.7 Å². The van der Waals surface area contributed by atoms with E-state index in [0.29, 0.717) is 17.6 Å². The van der Waals surface area contributed by atoms with Crippen LogP contribution in [0.1, 0.15) is 17.0 Å². The van der Waals surface area contributed by atoms with Crippen molar-refractivity contribution in [2.24, 2.45) is 0 Å². The molecule has 29 heavy (non-hydrogen) atoms. The SMILES string of the molecule is O=C(NCC(=O)N1CCCN(S(=O)(=O)c2ccc(F)cc2)CC1)c1ccc(Br)o1. The monoisotopic (exact) mass is 487 g/mol. The number of halogens is 2. The van der Waals surface area contributed by atoms with Gasteiger partial charge in [-0.2, -0.15) is 4.31 Å². The lowest BCUT2D eigenvalue weighted by molar-refractivity contribution is -0.129. The van der Waals surface area contributed by atoms with Crippen molar-refractivity contribution in [2.75, 3.05) is 32.7 Å². The Morgan fingerprint density at radius 2 is 1.79 bits per heavy atom. The highest BCUT2D eigenvalue weighted by Gasteiger charge is 2.28. The van der Waals surface area contributed by atoms with Crippen molar-refractivity contribution in [1.82, 2.24) is 14.5 Å². The second-order valence-corrected chi connectivity index (χ2v) is 9.10. The number of carbonyl (C=O) groups is 2. The Hall–Kier alpha value is -2.24. The molecule has 3 rings (SSSR count). The van der Waals surface area contributed by atoms with Crippen molar-refractivity contribution >= 4 is 37.8 Å². The van der Waals surface area contributed by atoms with Gasteiger partial charge < -0.3 is 14.6 Å². The normalized spacial score (nSPS) is 15.7. The number of nitrogens with zero attached hydrogens (tertiary/aromatic N) is 2. The number of hydrogen-bond donors (Lipinski definition) is 1. The Morgan fingerprint density at radius 3 is 2.45 bits per heavy atom. The van der Waals surface area contributed by atoms with Crippen LogP contribution in [-0.2, 0) is 14.8 Å². The summed E-state index contributed by atoms with van der Waals surface area (Å²) in [6.45, 7) is 0.709. The number of benzene rings is 1. The van der Waals surface area contributed by atoms with Crippen LogP contribution >= 0.6 is 15.9 Å². The van der Waals surface area contributed by atoms with E-state index in [-0.39, 0.29) is 42.7 Å². The second kappa shape index (κ2) is 9.06. The number of sulfonamides is 1. The lowest BCUT2D eigenvalue weighted by atomic mass is 10.3. The van der Waals surface area contributed by atoms with Crippen LogP contribution in [0, 0.1) is 5.82 Å². The molecule has 1 N–H and O–H groups in total. The van der Waals surface area contributed by atoms with Gasteiger partial charge >= 0.3 is 0 Å². The summed E-state index contributed by atoms with van der Waals surface area (Å²) < 4.78 is 45.3. The molecule has 1 aliphatic heterocycles. The number of nitrogens with one attached hydrogen (secondary N) is 1. The van der Waals surface area contributed by atoms with E-state index in [4.69, 9.17) is 4.42 Å². The van der Waals surface area contributed by atoms with Gasteiger partial charge in [0.15, 0.2) is 10.4 Å². The molecule has 8 nitrogen and oxygen atoms in total. The third kappa shape index (κ3) is 5.22. The Morgan fingerprint density at radius 1 is 1.07 bits per heavy atom. The second-order valence-electron chi connectivity index (χ2n) is 6.38. The van der Waals surface area contributed by atoms with Crippen molar-refractivity contribution < 1.29 is 26.8 Å². The zero-order valence-corrected chi connectivity index (χ0v) is 17.7. The molecule has 0 aliphatic carbocycles. The summed E-state index contributed by atoms with van der Waals surface area (Å²) in [5.41, 5.74) is 0. The third-order valence-corrected chi connectivity index (χ3v) is 6.80. The van der Waals surface area contributed by atoms with Crippen LogP contribution in [0.5, 0.6) is 0 Å². The molecule has 1 aromatic heterocycles. The first-order chi connectivity index (χ1) is 13.8. The van der Waals surface area contributed by atoms with E-state index in [1.165, 1.54) is 27.4 Å². The number of furan rings is 1. The van der Waals surface area contributed by atoms with Gasteiger partial charge in [0.1, 0.15) is 5.82 Å². The molecule has 0 saturated carbocycles. The number of carbonyl (C=O) groups excluding carboxylic acids is 2. The maximum absolute atomic E-state index is 13.1. The zero-order valence-electron chi connectivity index (χ0n) is 15.3. The van der Waals surface area contributed by atoms with Crippen LogP contribution in [0.4, 0.5) is 4.39 Å². The fourth-order valence-corrected chi connectivity index (χ4v) is 4.71. The van der Waals surface area contributed by atoms with Crippen LogP contribution in [0.3, 0.4) is 0 Å². The minimum Gasteiger partial charge on any atom is -0.444 e. The minimum atomic E-state index is -3.77. The largest absolute Gasteiger partial charge is 0.444 e. The average Bonchev–Trinajstić information content (AvgIpc) is 2.97. The van der Waals surface area contributed by atoms with Gasteiger partial charge in [-0.3, -0.25) is 9.59 Å². The molecular weight excluding hydrogens is 469 g/mol. The van der Waals surface area contributed by atoms with E-state index in [1.54, 1.807) is 6.07 Å². The molecule has 2 amide bonds. The minimum absolute atomic E-state index is 0.00977. The molecule has 11 heteroatoms. The van der Waals surface area contributed by atoms with Crippen molar-refractivity contribution in [3.05, 3.63) is 52.6 Å². The molecule has 0 bridgehead atoms. The summed E-state index contributed by atoms with van der Waals surface area (Å²) in [5.74, 6) is -1.26. The van der Waals surface area contributed by atoms with Gasteiger partial charge in [0.2, 0.25) is 15.9 Å². The van der Waals surface area contributed by atoms with Gasteiger partial charge in [-0.15, -0.1) is 0 Å². The first kappa shape index (κ1) is 21.5. The van der Waals surface area contributed by atoms with Gasteiger partial charge in [0.25, 0.3) is 5.91 Å². The number of rotatable bonds is 5. The van der Waals surface area contributed by atoms with E-state index in [2.05, 4.69) is 21.2 Å². The predicted octanol–water partition coefficient (Wildman–Crippen LogP) is 1.83. The van der Waals surface area contributed by atoms with Crippen LogP contribution in [0.2, 0.25) is 0 Å².